The molecule has 0 fully saturated rings. The van der Waals surface area contributed by atoms with E-state index in [-0.39, 0.29) is 0 Å². The lowest BCUT2D eigenvalue weighted by Crippen LogP contribution is -2.18. The summed E-state index contributed by atoms with van der Waals surface area (Å²) in [7, 11) is 0. The Morgan fingerprint density at radius 1 is 1.29 bits per heavy atom. The number of ether oxygens (including phenoxy) is 1. The van der Waals surface area contributed by atoms with Crippen LogP contribution in [0.25, 0.3) is 5.65 Å². The van der Waals surface area contributed by atoms with Crippen molar-refractivity contribution in [2.24, 2.45) is 0 Å². The highest BCUT2D eigenvalue weighted by atomic mass is 32.2. The normalized spacial score (nSPS) is 12.8. The van der Waals surface area contributed by atoms with Crippen molar-refractivity contribution in [2.75, 3.05) is 12.4 Å². The van der Waals surface area contributed by atoms with Crippen molar-refractivity contribution in [3.8, 4) is 0 Å². The maximum Gasteiger partial charge on any atom is 0.195 e. The number of hydrogen-bond donors (Lipinski definition) is 1. The molecule has 0 bridgehead atoms. The maximum absolute atomic E-state index is 9.95. The summed E-state index contributed by atoms with van der Waals surface area (Å²) in [5.41, 5.74) is 0.809. The summed E-state index contributed by atoms with van der Waals surface area (Å²) in [4.78, 5) is 1.17. The second kappa shape index (κ2) is 7.04. The molecule has 0 saturated carbocycles. The number of pyridine rings is 1. The first-order valence-corrected chi connectivity index (χ1v) is 8.40. The van der Waals surface area contributed by atoms with Crippen LogP contribution < -0.4 is 0 Å². The van der Waals surface area contributed by atoms with Crippen molar-refractivity contribution < 1.29 is 9.84 Å². The van der Waals surface area contributed by atoms with E-state index in [1.165, 1.54) is 16.6 Å². The topological polar surface area (TPSA) is 59.7 Å². The number of aliphatic hydroxyl groups excluding tert-OH is 1. The van der Waals surface area contributed by atoms with Gasteiger partial charge in [0.1, 0.15) is 0 Å². The molecular weight excluding hydrogens is 306 g/mol. The zero-order chi connectivity index (χ0) is 14.5. The van der Waals surface area contributed by atoms with Crippen molar-refractivity contribution in [2.45, 2.75) is 17.9 Å². The number of nitrogens with zero attached hydrogens (tertiary/aromatic N) is 3. The van der Waals surface area contributed by atoms with Gasteiger partial charge in [-0.1, -0.05) is 23.9 Å². The number of thioether (sulfide) groups is 1. The van der Waals surface area contributed by atoms with Gasteiger partial charge in [0.05, 0.1) is 19.3 Å². The van der Waals surface area contributed by atoms with Gasteiger partial charge in [-0.2, -0.15) is 0 Å². The van der Waals surface area contributed by atoms with E-state index in [0.717, 1.165) is 10.8 Å². The third-order valence-corrected chi connectivity index (χ3v) is 4.76. The van der Waals surface area contributed by atoms with Crippen molar-refractivity contribution in [3.63, 3.8) is 0 Å². The standard InChI is InChI=1S/C14H15N3O2S2/c18-11(8-19-9-12-4-3-7-20-12)10-21-14-16-15-13-5-1-2-6-17(13)14/h1-7,11,18H,8-10H2/t11-/m1/s1. The molecular formula is C14H15N3O2S2. The van der Waals surface area contributed by atoms with E-state index in [9.17, 15) is 5.11 Å². The van der Waals surface area contributed by atoms with E-state index >= 15 is 0 Å². The van der Waals surface area contributed by atoms with E-state index in [0.29, 0.717) is 19.0 Å². The van der Waals surface area contributed by atoms with Gasteiger partial charge in [-0.3, -0.25) is 4.40 Å². The Morgan fingerprint density at radius 2 is 2.24 bits per heavy atom. The van der Waals surface area contributed by atoms with Crippen LogP contribution in [0.1, 0.15) is 4.88 Å². The average molecular weight is 321 g/mol. The lowest BCUT2D eigenvalue weighted by Gasteiger charge is -2.09. The Hall–Kier alpha value is -1.41. The summed E-state index contributed by atoms with van der Waals surface area (Å²) in [6.45, 7) is 0.870. The van der Waals surface area contributed by atoms with E-state index in [4.69, 9.17) is 4.74 Å². The Kier molecular flexibility index (Phi) is 4.87. The molecule has 0 amide bonds. The molecule has 3 aromatic rings. The van der Waals surface area contributed by atoms with Crippen LogP contribution >= 0.6 is 23.1 Å². The number of rotatable bonds is 7. The molecule has 0 aliphatic rings. The summed E-state index contributed by atoms with van der Waals surface area (Å²) in [5.74, 6) is 0.528. The van der Waals surface area contributed by atoms with Crippen LogP contribution in [0.2, 0.25) is 0 Å². The fourth-order valence-corrected chi connectivity index (χ4v) is 3.30. The Balaban J connectivity index is 1.46. The molecule has 0 saturated heterocycles. The van der Waals surface area contributed by atoms with Gasteiger partial charge in [0.2, 0.25) is 0 Å². The quantitative estimate of drug-likeness (QED) is 0.677. The first-order valence-electron chi connectivity index (χ1n) is 6.53. The van der Waals surface area contributed by atoms with Gasteiger partial charge in [-0.25, -0.2) is 0 Å². The summed E-state index contributed by atoms with van der Waals surface area (Å²) in [6.07, 6.45) is 1.39. The highest BCUT2D eigenvalue weighted by Crippen LogP contribution is 2.18. The van der Waals surface area contributed by atoms with E-state index in [2.05, 4.69) is 10.2 Å². The predicted molar refractivity (Wildman–Crippen MR) is 83.7 cm³/mol. The Morgan fingerprint density at radius 3 is 3.10 bits per heavy atom. The number of aromatic nitrogens is 3. The monoisotopic (exact) mass is 321 g/mol. The fraction of sp³-hybridized carbons (Fsp3) is 0.286. The molecule has 0 aliphatic carbocycles. The van der Waals surface area contributed by atoms with Crippen LogP contribution in [0.3, 0.4) is 0 Å². The predicted octanol–water partition coefficient (Wildman–Crippen LogP) is 2.46. The van der Waals surface area contributed by atoms with Gasteiger partial charge in [-0.05, 0) is 23.6 Å². The van der Waals surface area contributed by atoms with Crippen molar-refractivity contribution in [1.82, 2.24) is 14.6 Å². The number of thiophene rings is 1. The molecule has 0 spiro atoms. The molecule has 5 nitrogen and oxygen atoms in total. The van der Waals surface area contributed by atoms with E-state index < -0.39 is 6.10 Å². The summed E-state index contributed by atoms with van der Waals surface area (Å²) >= 11 is 3.13. The summed E-state index contributed by atoms with van der Waals surface area (Å²) in [5, 5.41) is 20.9. The van der Waals surface area contributed by atoms with Gasteiger partial charge in [-0.15, -0.1) is 21.5 Å². The molecule has 21 heavy (non-hydrogen) atoms. The van der Waals surface area contributed by atoms with E-state index in [1.54, 1.807) is 11.3 Å². The summed E-state index contributed by atoms with van der Waals surface area (Å²) in [6, 6.07) is 9.77. The first-order chi connectivity index (χ1) is 10.3. The van der Waals surface area contributed by atoms with Crippen molar-refractivity contribution >= 4 is 28.7 Å². The zero-order valence-corrected chi connectivity index (χ0v) is 12.9. The van der Waals surface area contributed by atoms with Gasteiger partial charge in [0, 0.05) is 16.8 Å². The highest BCUT2D eigenvalue weighted by Gasteiger charge is 2.10. The minimum Gasteiger partial charge on any atom is -0.390 e. The molecule has 0 unspecified atom stereocenters. The van der Waals surface area contributed by atoms with Crippen LogP contribution in [-0.2, 0) is 11.3 Å². The lowest BCUT2D eigenvalue weighted by atomic mass is 10.4. The van der Waals surface area contributed by atoms with Gasteiger partial charge >= 0.3 is 0 Å². The Labute approximate surface area is 130 Å². The second-order valence-corrected chi connectivity index (χ2v) is 6.49. The maximum atomic E-state index is 9.95. The van der Waals surface area contributed by atoms with Crippen LogP contribution in [0.4, 0.5) is 0 Å². The molecule has 0 aliphatic heterocycles. The molecule has 0 aromatic carbocycles. The third-order valence-electron chi connectivity index (χ3n) is 2.82. The molecule has 1 atom stereocenters. The lowest BCUT2D eigenvalue weighted by molar-refractivity contribution is 0.0409. The van der Waals surface area contributed by atoms with Gasteiger partial charge < -0.3 is 9.84 Å². The smallest absolute Gasteiger partial charge is 0.195 e. The minimum absolute atomic E-state index is 0.321. The molecule has 7 heteroatoms. The van der Waals surface area contributed by atoms with Crippen LogP contribution in [-0.4, -0.2) is 38.2 Å². The highest BCUT2D eigenvalue weighted by molar-refractivity contribution is 7.99. The molecule has 1 N–H and O–H groups in total. The van der Waals surface area contributed by atoms with Crippen LogP contribution in [0.15, 0.2) is 47.1 Å². The van der Waals surface area contributed by atoms with Gasteiger partial charge in [0.15, 0.2) is 10.8 Å². The fourth-order valence-electron chi connectivity index (χ4n) is 1.83. The van der Waals surface area contributed by atoms with Crippen molar-refractivity contribution in [3.05, 3.63) is 46.8 Å². The van der Waals surface area contributed by atoms with Crippen LogP contribution in [0.5, 0.6) is 0 Å². The first kappa shape index (κ1) is 14.5. The molecule has 3 rings (SSSR count). The van der Waals surface area contributed by atoms with Crippen molar-refractivity contribution in [1.29, 1.82) is 0 Å². The second-order valence-electron chi connectivity index (χ2n) is 4.47. The largest absolute Gasteiger partial charge is 0.390 e. The molecule has 0 radical (unpaired) electrons. The SMILES string of the molecule is O[C@H](COCc1cccs1)CSc1nnc2ccccn12. The zero-order valence-electron chi connectivity index (χ0n) is 11.3. The number of fused-ring (bicyclic) bond motifs is 1. The molecule has 3 heterocycles. The van der Waals surface area contributed by atoms with E-state index in [1.807, 2.05) is 46.3 Å². The summed E-state index contributed by atoms with van der Waals surface area (Å²) < 4.78 is 7.41. The minimum atomic E-state index is -0.522. The van der Waals surface area contributed by atoms with Crippen LogP contribution in [0, 0.1) is 0 Å². The molecule has 3 aromatic heterocycles. The van der Waals surface area contributed by atoms with Gasteiger partial charge in [0.25, 0.3) is 0 Å². The third kappa shape index (κ3) is 3.82. The molecule has 110 valence electrons. The number of aliphatic hydroxyl groups is 1. The average Bonchev–Trinajstić information content (AvgIpc) is 3.14. The Bertz CT molecular complexity index is 684. The number of hydrogen-bond acceptors (Lipinski definition) is 6.